The summed E-state index contributed by atoms with van der Waals surface area (Å²) in [6, 6.07) is 16.6. The summed E-state index contributed by atoms with van der Waals surface area (Å²) < 4.78 is 116. The van der Waals surface area contributed by atoms with E-state index in [1.54, 1.807) is 49.2 Å². The predicted octanol–water partition coefficient (Wildman–Crippen LogP) is 8.70. The summed E-state index contributed by atoms with van der Waals surface area (Å²) in [5, 5.41) is 11.4. The smallest absolute Gasteiger partial charge is 0.378 e. The topological polar surface area (TPSA) is 154 Å². The number of aromatic nitrogens is 6. The highest BCUT2D eigenvalue weighted by molar-refractivity contribution is 5.97. The van der Waals surface area contributed by atoms with E-state index in [0.29, 0.717) is 98.3 Å². The van der Waals surface area contributed by atoms with Crippen LogP contribution in [0.2, 0.25) is 0 Å². The van der Waals surface area contributed by atoms with Gasteiger partial charge in [-0.3, -0.25) is 15.0 Å². The second kappa shape index (κ2) is 21.9. The molecule has 2 aromatic carbocycles. The van der Waals surface area contributed by atoms with Crippen LogP contribution in [-0.4, -0.2) is 101 Å². The van der Waals surface area contributed by atoms with Gasteiger partial charge in [-0.1, -0.05) is 12.1 Å². The van der Waals surface area contributed by atoms with Gasteiger partial charge in [0.15, 0.2) is 29.1 Å². The van der Waals surface area contributed by atoms with Gasteiger partial charge in [0.2, 0.25) is 5.95 Å². The summed E-state index contributed by atoms with van der Waals surface area (Å²) in [5.74, 6) is 0.0141. The molecule has 6 aromatic rings. The van der Waals surface area contributed by atoms with Crippen molar-refractivity contribution in [3.05, 3.63) is 138 Å². The van der Waals surface area contributed by atoms with Crippen LogP contribution in [0.1, 0.15) is 35.3 Å². The van der Waals surface area contributed by atoms with Gasteiger partial charge in [-0.05, 0) is 67.6 Å². The predicted molar refractivity (Wildman–Crippen MR) is 240 cm³/mol. The normalized spacial score (nSPS) is 14.6. The Morgan fingerprint density at radius 1 is 0.662 bits per heavy atom. The van der Waals surface area contributed by atoms with Crippen molar-refractivity contribution in [3.8, 4) is 0 Å². The van der Waals surface area contributed by atoms with E-state index in [1.165, 1.54) is 41.8 Å². The molecule has 0 aliphatic carbocycles. The molecule has 4 aromatic heterocycles. The molecule has 0 spiro atoms. The van der Waals surface area contributed by atoms with Crippen molar-refractivity contribution in [2.45, 2.75) is 25.8 Å². The quantitative estimate of drug-likeness (QED) is 0.0684. The largest absolute Gasteiger partial charge is 0.416 e. The molecule has 0 bridgehead atoms. The number of aliphatic imine (C=N–C) groups is 1. The van der Waals surface area contributed by atoms with Crippen LogP contribution in [0.4, 0.5) is 75.5 Å². The molecule has 8 rings (SSSR count). The van der Waals surface area contributed by atoms with Gasteiger partial charge >= 0.3 is 12.4 Å². The second-order valence-electron chi connectivity index (χ2n) is 15.0. The van der Waals surface area contributed by atoms with Crippen LogP contribution in [-0.2, 0) is 28.4 Å². The first-order chi connectivity index (χ1) is 32.6. The van der Waals surface area contributed by atoms with Gasteiger partial charge in [-0.25, -0.2) is 28.7 Å². The number of anilines is 7. The minimum atomic E-state index is -4.42. The first-order valence-electron chi connectivity index (χ1n) is 20.9. The van der Waals surface area contributed by atoms with Gasteiger partial charge in [-0.15, -0.1) is 0 Å². The standard InChI is InChI=1S/C23H22F4N6O.C22H21F4N7O/c1-15(28-14-21-30-13-19(24)22(32-21)33-7-9-34-10-8-33)20-6-5-18(12-29-20)31-17-4-2-3-16(11-17)23(25,26)27;1-32(21-28-14-19(23)20(31-21)33-7-9-34-10-8-33)29-13-17-5-6-18(12-27-17)30-16-4-2-3-15(11-16)22(24,25)26/h2-6,11-13,31H,7-10,14H2,1H3;2-6,11-14,30H,7-10H2,1H3/b;29-13-. The minimum Gasteiger partial charge on any atom is -0.378 e. The van der Waals surface area contributed by atoms with Crippen molar-refractivity contribution >= 4 is 52.3 Å². The molecular weight excluding hydrogens is 907 g/mol. The number of nitrogens with one attached hydrogen (secondary N) is 2. The molecule has 2 saturated heterocycles. The number of rotatable bonds is 12. The summed E-state index contributed by atoms with van der Waals surface area (Å²) >= 11 is 0. The highest BCUT2D eigenvalue weighted by atomic mass is 19.4. The lowest BCUT2D eigenvalue weighted by atomic mass is 10.2. The molecule has 6 heterocycles. The molecule has 15 nitrogen and oxygen atoms in total. The molecule has 2 aliphatic rings. The number of hydrazone groups is 1. The molecule has 0 amide bonds. The maximum absolute atomic E-state index is 14.2. The van der Waals surface area contributed by atoms with E-state index in [-0.39, 0.29) is 24.1 Å². The average Bonchev–Trinajstić information content (AvgIpc) is 3.34. The van der Waals surface area contributed by atoms with Crippen LogP contribution >= 0.6 is 0 Å². The van der Waals surface area contributed by atoms with E-state index < -0.39 is 35.1 Å². The number of hydrogen-bond donors (Lipinski definition) is 2. The number of hydrogen-bond acceptors (Lipinski definition) is 15. The van der Waals surface area contributed by atoms with E-state index in [9.17, 15) is 35.1 Å². The highest BCUT2D eigenvalue weighted by Crippen LogP contribution is 2.33. The first kappa shape index (κ1) is 48.5. The number of morpholine rings is 2. The Hall–Kier alpha value is -7.40. The molecular formula is C45H43F8N13O2. The van der Waals surface area contributed by atoms with Crippen molar-refractivity contribution in [2.24, 2.45) is 10.1 Å². The Bertz CT molecular complexity index is 2680. The number of benzene rings is 2. The molecule has 2 aliphatic heterocycles. The van der Waals surface area contributed by atoms with E-state index in [4.69, 9.17) is 9.47 Å². The Kier molecular flexibility index (Phi) is 15.7. The molecule has 0 radical (unpaired) electrons. The molecule has 0 unspecified atom stereocenters. The molecule has 0 atom stereocenters. The van der Waals surface area contributed by atoms with Gasteiger partial charge in [-0.2, -0.15) is 36.4 Å². The third kappa shape index (κ3) is 13.4. The molecule has 356 valence electrons. The fraction of sp³-hybridized carbons (Fsp3) is 0.289. The molecule has 23 heteroatoms. The van der Waals surface area contributed by atoms with Crippen molar-refractivity contribution in [1.82, 2.24) is 29.9 Å². The van der Waals surface area contributed by atoms with Crippen LogP contribution in [0.3, 0.4) is 0 Å². The Labute approximate surface area is 384 Å². The number of halogens is 8. The Morgan fingerprint density at radius 3 is 1.71 bits per heavy atom. The van der Waals surface area contributed by atoms with Gasteiger partial charge < -0.3 is 29.9 Å². The Morgan fingerprint density at radius 2 is 1.19 bits per heavy atom. The van der Waals surface area contributed by atoms with Crippen molar-refractivity contribution in [3.63, 3.8) is 0 Å². The van der Waals surface area contributed by atoms with Crippen LogP contribution in [0, 0.1) is 11.6 Å². The Balaban J connectivity index is 0.000000201. The number of ether oxygens (including phenoxy) is 2. The fourth-order valence-electron chi connectivity index (χ4n) is 6.55. The fourth-order valence-corrected chi connectivity index (χ4v) is 6.55. The zero-order valence-corrected chi connectivity index (χ0v) is 36.4. The van der Waals surface area contributed by atoms with E-state index in [2.05, 4.69) is 50.6 Å². The van der Waals surface area contributed by atoms with Crippen LogP contribution < -0.4 is 25.4 Å². The average molecular weight is 950 g/mol. The lowest BCUT2D eigenvalue weighted by Crippen LogP contribution is -2.37. The first-order valence-corrected chi connectivity index (χ1v) is 20.9. The summed E-state index contributed by atoms with van der Waals surface area (Å²) in [7, 11) is 1.62. The van der Waals surface area contributed by atoms with Gasteiger partial charge in [0.1, 0.15) is 0 Å². The van der Waals surface area contributed by atoms with Gasteiger partial charge in [0, 0.05) is 44.6 Å². The third-order valence-electron chi connectivity index (χ3n) is 10.1. The number of alkyl halides is 6. The van der Waals surface area contributed by atoms with Crippen LogP contribution in [0.5, 0.6) is 0 Å². The SMILES string of the molecule is CC(=NCc1ncc(F)c(N2CCOCC2)n1)c1ccc(Nc2cccc(C(F)(F)F)c2)cn1.CN(/N=C\c1ccc(Nc2cccc(C(F)(F)F)c2)cn1)c1ncc(F)c(N2CCOCC2)n1. The van der Waals surface area contributed by atoms with Crippen LogP contribution in [0.25, 0.3) is 0 Å². The maximum atomic E-state index is 14.2. The minimum absolute atomic E-state index is 0.148. The summed E-state index contributed by atoms with van der Waals surface area (Å²) in [6.45, 7) is 6.12. The number of nitrogens with zero attached hydrogens (tertiary/aromatic N) is 11. The van der Waals surface area contributed by atoms with Crippen molar-refractivity contribution in [1.29, 1.82) is 0 Å². The molecule has 68 heavy (non-hydrogen) atoms. The summed E-state index contributed by atoms with van der Waals surface area (Å²) in [5.41, 5.74) is 1.88. The summed E-state index contributed by atoms with van der Waals surface area (Å²) in [6.07, 6.45) is -2.12. The third-order valence-corrected chi connectivity index (χ3v) is 10.1. The lowest BCUT2D eigenvalue weighted by molar-refractivity contribution is -0.138. The second-order valence-corrected chi connectivity index (χ2v) is 15.0. The zero-order chi connectivity index (χ0) is 48.3. The molecule has 2 N–H and O–H groups in total. The molecule has 2 fully saturated rings. The van der Waals surface area contributed by atoms with E-state index in [0.717, 1.165) is 36.7 Å². The number of pyridine rings is 2. The molecule has 0 saturated carbocycles. The highest BCUT2D eigenvalue weighted by Gasteiger charge is 2.31. The van der Waals surface area contributed by atoms with Gasteiger partial charge in [0.25, 0.3) is 0 Å². The van der Waals surface area contributed by atoms with E-state index >= 15 is 0 Å². The maximum Gasteiger partial charge on any atom is 0.416 e. The van der Waals surface area contributed by atoms with Crippen molar-refractivity contribution in [2.75, 3.05) is 85.1 Å². The van der Waals surface area contributed by atoms with Crippen molar-refractivity contribution < 1.29 is 44.6 Å². The van der Waals surface area contributed by atoms with E-state index in [1.807, 2.05) is 4.90 Å². The summed E-state index contributed by atoms with van der Waals surface area (Å²) in [4.78, 5) is 33.2. The van der Waals surface area contributed by atoms with Gasteiger partial charge in [0.05, 0.1) is 104 Å². The zero-order valence-electron chi connectivity index (χ0n) is 36.4. The monoisotopic (exact) mass is 949 g/mol. The van der Waals surface area contributed by atoms with Crippen LogP contribution in [0.15, 0.2) is 108 Å². The lowest BCUT2D eigenvalue weighted by Gasteiger charge is -2.28.